The number of aryl methyl sites for hydroxylation is 2. The van der Waals surface area contributed by atoms with Crippen molar-refractivity contribution < 1.29 is 4.79 Å². The standard InChI is InChI=1S/C16H20BrN5O2/c1-20-8-6-19-16(20)13-10-18-5-9-22(13)15(24)4-7-21-11-12(17)2-3-14(21)23/h2-3,6,8,11,13,18H,4-5,7,9-10H2,1H3. The summed E-state index contributed by atoms with van der Waals surface area (Å²) in [5, 5.41) is 3.32. The van der Waals surface area contributed by atoms with Gasteiger partial charge in [0.1, 0.15) is 11.9 Å². The van der Waals surface area contributed by atoms with Crippen molar-refractivity contribution in [2.24, 2.45) is 7.05 Å². The van der Waals surface area contributed by atoms with Gasteiger partial charge in [-0.3, -0.25) is 9.59 Å². The number of hydrogen-bond acceptors (Lipinski definition) is 4. The first kappa shape index (κ1) is 16.9. The summed E-state index contributed by atoms with van der Waals surface area (Å²) in [5.41, 5.74) is -0.105. The van der Waals surface area contributed by atoms with Gasteiger partial charge in [-0.2, -0.15) is 0 Å². The maximum atomic E-state index is 12.7. The summed E-state index contributed by atoms with van der Waals surface area (Å²) >= 11 is 3.35. The van der Waals surface area contributed by atoms with E-state index in [9.17, 15) is 9.59 Å². The lowest BCUT2D eigenvalue weighted by molar-refractivity contribution is -0.135. The van der Waals surface area contributed by atoms with Crippen LogP contribution in [0.5, 0.6) is 0 Å². The van der Waals surface area contributed by atoms with Crippen LogP contribution in [-0.4, -0.2) is 44.6 Å². The van der Waals surface area contributed by atoms with Crippen molar-refractivity contribution in [3.8, 4) is 0 Å². The highest BCUT2D eigenvalue weighted by Gasteiger charge is 2.30. The zero-order valence-electron chi connectivity index (χ0n) is 13.5. The van der Waals surface area contributed by atoms with Crippen LogP contribution in [0.1, 0.15) is 18.3 Å². The molecule has 24 heavy (non-hydrogen) atoms. The van der Waals surface area contributed by atoms with Crippen molar-refractivity contribution in [3.05, 3.63) is 51.4 Å². The average Bonchev–Trinajstić information content (AvgIpc) is 3.01. The topological polar surface area (TPSA) is 72.2 Å². The van der Waals surface area contributed by atoms with Gasteiger partial charge in [-0.05, 0) is 22.0 Å². The summed E-state index contributed by atoms with van der Waals surface area (Å²) in [6.45, 7) is 2.47. The van der Waals surface area contributed by atoms with Gasteiger partial charge in [0.2, 0.25) is 5.91 Å². The minimum atomic E-state index is -0.105. The predicted molar refractivity (Wildman–Crippen MR) is 93.6 cm³/mol. The minimum absolute atomic E-state index is 0.0383. The van der Waals surface area contributed by atoms with E-state index in [-0.39, 0.29) is 23.9 Å². The van der Waals surface area contributed by atoms with Gasteiger partial charge < -0.3 is 19.4 Å². The average molecular weight is 394 g/mol. The Kier molecular flexibility index (Phi) is 5.15. The SMILES string of the molecule is Cn1ccnc1C1CNCCN1C(=O)CCn1cc(Br)ccc1=O. The number of pyridine rings is 1. The second kappa shape index (κ2) is 7.31. The molecule has 1 aliphatic heterocycles. The smallest absolute Gasteiger partial charge is 0.250 e. The number of aromatic nitrogens is 3. The Labute approximate surface area is 148 Å². The summed E-state index contributed by atoms with van der Waals surface area (Å²) < 4.78 is 4.32. The molecule has 0 aromatic carbocycles. The first-order valence-corrected chi connectivity index (χ1v) is 8.69. The van der Waals surface area contributed by atoms with Gasteiger partial charge in [-0.1, -0.05) is 0 Å². The maximum absolute atomic E-state index is 12.7. The van der Waals surface area contributed by atoms with Crippen LogP contribution in [0.2, 0.25) is 0 Å². The van der Waals surface area contributed by atoms with E-state index < -0.39 is 0 Å². The molecular weight excluding hydrogens is 374 g/mol. The number of carbonyl (C=O) groups excluding carboxylic acids is 1. The molecule has 3 heterocycles. The Bertz CT molecular complexity index is 785. The third-order valence-electron chi connectivity index (χ3n) is 4.23. The van der Waals surface area contributed by atoms with Gasteiger partial charge in [0.05, 0.1) is 0 Å². The molecule has 1 aliphatic rings. The van der Waals surface area contributed by atoms with Crippen LogP contribution in [-0.2, 0) is 18.4 Å². The number of hydrogen-bond donors (Lipinski definition) is 1. The molecule has 0 saturated carbocycles. The first-order chi connectivity index (χ1) is 11.6. The molecule has 2 aromatic heterocycles. The molecule has 7 nitrogen and oxygen atoms in total. The molecule has 1 fully saturated rings. The van der Waals surface area contributed by atoms with E-state index in [1.54, 1.807) is 23.0 Å². The van der Waals surface area contributed by atoms with Crippen molar-refractivity contribution in [3.63, 3.8) is 0 Å². The van der Waals surface area contributed by atoms with E-state index in [0.29, 0.717) is 19.6 Å². The lowest BCUT2D eigenvalue weighted by atomic mass is 10.1. The number of imidazole rings is 1. The van der Waals surface area contributed by atoms with Crippen LogP contribution in [0.3, 0.4) is 0 Å². The van der Waals surface area contributed by atoms with Gasteiger partial charge in [-0.15, -0.1) is 0 Å². The van der Waals surface area contributed by atoms with Crippen molar-refractivity contribution in [1.29, 1.82) is 0 Å². The number of nitrogens with zero attached hydrogens (tertiary/aromatic N) is 4. The Morgan fingerprint density at radius 2 is 2.29 bits per heavy atom. The van der Waals surface area contributed by atoms with E-state index in [1.165, 1.54) is 6.07 Å². The summed E-state index contributed by atoms with van der Waals surface area (Å²) in [7, 11) is 1.93. The van der Waals surface area contributed by atoms with E-state index >= 15 is 0 Å². The van der Waals surface area contributed by atoms with Crippen molar-refractivity contribution in [1.82, 2.24) is 24.3 Å². The fourth-order valence-corrected chi connectivity index (χ4v) is 3.35. The highest BCUT2D eigenvalue weighted by molar-refractivity contribution is 9.10. The third kappa shape index (κ3) is 3.59. The van der Waals surface area contributed by atoms with Crippen LogP contribution in [0.25, 0.3) is 0 Å². The molecule has 128 valence electrons. The fraction of sp³-hybridized carbons (Fsp3) is 0.438. The molecule has 0 bridgehead atoms. The maximum Gasteiger partial charge on any atom is 0.250 e. The molecule has 2 aromatic rings. The van der Waals surface area contributed by atoms with E-state index in [0.717, 1.165) is 16.8 Å². The predicted octanol–water partition coefficient (Wildman–Crippen LogP) is 0.907. The molecule has 1 unspecified atom stereocenters. The molecule has 8 heteroatoms. The first-order valence-electron chi connectivity index (χ1n) is 7.89. The Morgan fingerprint density at radius 3 is 3.04 bits per heavy atom. The summed E-state index contributed by atoms with van der Waals surface area (Å²) in [4.78, 5) is 30.8. The second-order valence-electron chi connectivity index (χ2n) is 5.83. The van der Waals surface area contributed by atoms with Crippen LogP contribution in [0.15, 0.2) is 40.0 Å². The van der Waals surface area contributed by atoms with Gasteiger partial charge >= 0.3 is 0 Å². The van der Waals surface area contributed by atoms with Crippen LogP contribution in [0.4, 0.5) is 0 Å². The normalized spacial score (nSPS) is 17.9. The molecule has 0 spiro atoms. The van der Waals surface area contributed by atoms with Crippen LogP contribution >= 0.6 is 15.9 Å². The highest BCUT2D eigenvalue weighted by Crippen LogP contribution is 2.21. The Balaban J connectivity index is 1.72. The van der Waals surface area contributed by atoms with Gasteiger partial charge in [-0.25, -0.2) is 4.98 Å². The molecule has 0 radical (unpaired) electrons. The van der Waals surface area contributed by atoms with Gasteiger partial charge in [0.25, 0.3) is 5.56 Å². The molecule has 0 aliphatic carbocycles. The lowest BCUT2D eigenvalue weighted by Crippen LogP contribution is -2.49. The Morgan fingerprint density at radius 1 is 1.46 bits per heavy atom. The zero-order valence-corrected chi connectivity index (χ0v) is 15.1. The summed E-state index contributed by atoms with van der Waals surface area (Å²) in [5.74, 6) is 0.909. The lowest BCUT2D eigenvalue weighted by Gasteiger charge is -2.35. The molecule has 1 N–H and O–H groups in total. The zero-order chi connectivity index (χ0) is 17.1. The number of amides is 1. The monoisotopic (exact) mass is 393 g/mol. The quantitative estimate of drug-likeness (QED) is 0.837. The summed E-state index contributed by atoms with van der Waals surface area (Å²) in [6, 6.07) is 3.12. The van der Waals surface area contributed by atoms with Crippen LogP contribution < -0.4 is 10.9 Å². The van der Waals surface area contributed by atoms with Crippen molar-refractivity contribution in [2.45, 2.75) is 19.0 Å². The molecule has 1 amide bonds. The number of halogens is 1. The number of nitrogens with one attached hydrogen (secondary N) is 1. The minimum Gasteiger partial charge on any atom is -0.336 e. The van der Waals surface area contributed by atoms with Crippen LogP contribution in [0, 0.1) is 0 Å². The molecule has 3 rings (SSSR count). The Hall–Kier alpha value is -1.93. The van der Waals surface area contributed by atoms with E-state index in [2.05, 4.69) is 26.2 Å². The van der Waals surface area contributed by atoms with E-state index in [1.807, 2.05) is 22.7 Å². The number of rotatable bonds is 4. The molecule has 1 atom stereocenters. The fourth-order valence-electron chi connectivity index (χ4n) is 2.97. The number of carbonyl (C=O) groups is 1. The summed E-state index contributed by atoms with van der Waals surface area (Å²) in [6.07, 6.45) is 5.63. The number of piperazine rings is 1. The van der Waals surface area contributed by atoms with Gasteiger partial charge in [0, 0.05) is 68.8 Å². The molecule has 1 saturated heterocycles. The second-order valence-corrected chi connectivity index (χ2v) is 6.75. The van der Waals surface area contributed by atoms with E-state index in [4.69, 9.17) is 0 Å². The van der Waals surface area contributed by atoms with Crippen molar-refractivity contribution in [2.75, 3.05) is 19.6 Å². The van der Waals surface area contributed by atoms with Gasteiger partial charge in [0.15, 0.2) is 0 Å². The third-order valence-corrected chi connectivity index (χ3v) is 4.70. The molecular formula is C16H20BrN5O2. The van der Waals surface area contributed by atoms with Crippen molar-refractivity contribution >= 4 is 21.8 Å². The highest BCUT2D eigenvalue weighted by atomic mass is 79.9. The largest absolute Gasteiger partial charge is 0.336 e.